The number of hydrogen-bond acceptors (Lipinski definition) is 2. The Morgan fingerprint density at radius 2 is 2.30 bits per heavy atom. The first-order valence-electron chi connectivity index (χ1n) is 7.10. The van der Waals surface area contributed by atoms with Gasteiger partial charge in [0.05, 0.1) is 5.54 Å². The predicted molar refractivity (Wildman–Crippen MR) is 83.0 cm³/mol. The number of halogens is 1. The SMILES string of the molecule is CC1CCCCC1(CN)NC(=O)Nc1cccc(Cl)c1. The molecule has 0 radical (unpaired) electrons. The molecule has 0 aromatic heterocycles. The lowest BCUT2D eigenvalue weighted by Gasteiger charge is -2.42. The predicted octanol–water partition coefficient (Wildman–Crippen LogP) is 3.37. The Morgan fingerprint density at radius 1 is 1.50 bits per heavy atom. The van der Waals surface area contributed by atoms with Crippen LogP contribution in [0.5, 0.6) is 0 Å². The molecule has 4 nitrogen and oxygen atoms in total. The largest absolute Gasteiger partial charge is 0.331 e. The quantitative estimate of drug-likeness (QED) is 0.800. The van der Waals surface area contributed by atoms with E-state index in [1.54, 1.807) is 18.2 Å². The van der Waals surface area contributed by atoms with Crippen LogP contribution in [0.2, 0.25) is 5.02 Å². The zero-order valence-corrected chi connectivity index (χ0v) is 12.5. The van der Waals surface area contributed by atoms with Crippen molar-refractivity contribution >= 4 is 23.3 Å². The second-order valence-corrected chi connectivity index (χ2v) is 6.03. The van der Waals surface area contributed by atoms with Crippen molar-refractivity contribution in [1.29, 1.82) is 0 Å². The summed E-state index contributed by atoms with van der Waals surface area (Å²) in [5.41, 5.74) is 6.33. The van der Waals surface area contributed by atoms with Crippen molar-refractivity contribution in [2.24, 2.45) is 11.7 Å². The van der Waals surface area contributed by atoms with Crippen LogP contribution in [-0.2, 0) is 0 Å². The first-order valence-corrected chi connectivity index (χ1v) is 7.48. The van der Waals surface area contributed by atoms with Crippen LogP contribution < -0.4 is 16.4 Å². The van der Waals surface area contributed by atoms with E-state index in [-0.39, 0.29) is 11.6 Å². The van der Waals surface area contributed by atoms with Crippen LogP contribution in [-0.4, -0.2) is 18.1 Å². The van der Waals surface area contributed by atoms with Crippen LogP contribution >= 0.6 is 11.6 Å². The molecule has 1 aliphatic rings. The fourth-order valence-electron chi connectivity index (χ4n) is 2.91. The van der Waals surface area contributed by atoms with Gasteiger partial charge in [-0.1, -0.05) is 37.4 Å². The van der Waals surface area contributed by atoms with Gasteiger partial charge in [0, 0.05) is 17.3 Å². The van der Waals surface area contributed by atoms with Crippen molar-refractivity contribution in [3.05, 3.63) is 29.3 Å². The minimum atomic E-state index is -0.291. The number of nitrogens with one attached hydrogen (secondary N) is 2. The molecule has 2 rings (SSSR count). The fraction of sp³-hybridized carbons (Fsp3) is 0.533. The second kappa shape index (κ2) is 6.46. The van der Waals surface area contributed by atoms with Crippen molar-refractivity contribution < 1.29 is 4.79 Å². The van der Waals surface area contributed by atoms with Gasteiger partial charge in [-0.3, -0.25) is 0 Å². The van der Waals surface area contributed by atoms with Crippen LogP contribution in [0.1, 0.15) is 32.6 Å². The molecule has 4 N–H and O–H groups in total. The van der Waals surface area contributed by atoms with Crippen LogP contribution in [0.25, 0.3) is 0 Å². The molecule has 0 spiro atoms. The topological polar surface area (TPSA) is 67.1 Å². The molecule has 2 unspecified atom stereocenters. The van der Waals surface area contributed by atoms with Crippen molar-refractivity contribution in [2.75, 3.05) is 11.9 Å². The van der Waals surface area contributed by atoms with E-state index in [0.717, 1.165) is 19.3 Å². The van der Waals surface area contributed by atoms with E-state index >= 15 is 0 Å². The fourth-order valence-corrected chi connectivity index (χ4v) is 3.10. The van der Waals surface area contributed by atoms with Crippen LogP contribution in [0, 0.1) is 5.92 Å². The van der Waals surface area contributed by atoms with Gasteiger partial charge in [0.15, 0.2) is 0 Å². The Morgan fingerprint density at radius 3 is 2.95 bits per heavy atom. The molecular weight excluding hydrogens is 274 g/mol. The molecule has 5 heteroatoms. The Labute approximate surface area is 125 Å². The normalized spacial score (nSPS) is 26.1. The summed E-state index contributed by atoms with van der Waals surface area (Å²) in [4.78, 5) is 12.2. The highest BCUT2D eigenvalue weighted by Gasteiger charge is 2.38. The van der Waals surface area contributed by atoms with Gasteiger partial charge in [0.1, 0.15) is 0 Å². The summed E-state index contributed by atoms with van der Waals surface area (Å²) in [5, 5.41) is 6.50. The van der Waals surface area contributed by atoms with Gasteiger partial charge in [-0.25, -0.2) is 4.79 Å². The van der Waals surface area contributed by atoms with E-state index in [0.29, 0.717) is 23.2 Å². The zero-order chi connectivity index (χ0) is 14.6. The highest BCUT2D eigenvalue weighted by atomic mass is 35.5. The van der Waals surface area contributed by atoms with Gasteiger partial charge in [0.2, 0.25) is 0 Å². The maximum Gasteiger partial charge on any atom is 0.319 e. The second-order valence-electron chi connectivity index (χ2n) is 5.60. The Hall–Kier alpha value is -1.26. The van der Waals surface area contributed by atoms with Gasteiger partial charge >= 0.3 is 6.03 Å². The van der Waals surface area contributed by atoms with Crippen molar-refractivity contribution in [3.8, 4) is 0 Å². The van der Waals surface area contributed by atoms with Gasteiger partial charge in [-0.05, 0) is 37.0 Å². The molecule has 2 amide bonds. The highest BCUT2D eigenvalue weighted by Crippen LogP contribution is 2.33. The van der Waals surface area contributed by atoms with Gasteiger partial charge in [-0.15, -0.1) is 0 Å². The third-order valence-corrected chi connectivity index (χ3v) is 4.50. The Kier molecular flexibility index (Phi) is 4.89. The standard InChI is InChI=1S/C15H22ClN3O/c1-11-5-2-3-8-15(11,10-17)19-14(20)18-13-7-4-6-12(16)9-13/h4,6-7,9,11H,2-3,5,8,10,17H2,1H3,(H2,18,19,20). The van der Waals surface area contributed by atoms with Crippen molar-refractivity contribution in [2.45, 2.75) is 38.1 Å². The molecule has 20 heavy (non-hydrogen) atoms. The number of anilines is 1. The molecule has 0 heterocycles. The van der Waals surface area contributed by atoms with Crippen LogP contribution in [0.3, 0.4) is 0 Å². The van der Waals surface area contributed by atoms with Crippen molar-refractivity contribution in [3.63, 3.8) is 0 Å². The van der Waals surface area contributed by atoms with Crippen molar-refractivity contribution in [1.82, 2.24) is 5.32 Å². The molecule has 1 aromatic rings. The average molecular weight is 296 g/mol. The third-order valence-electron chi connectivity index (χ3n) is 4.26. The lowest BCUT2D eigenvalue weighted by atomic mass is 9.73. The average Bonchev–Trinajstić information content (AvgIpc) is 2.41. The van der Waals surface area contributed by atoms with E-state index in [1.165, 1.54) is 6.42 Å². The molecule has 0 saturated heterocycles. The highest BCUT2D eigenvalue weighted by molar-refractivity contribution is 6.30. The number of rotatable bonds is 3. The summed E-state index contributed by atoms with van der Waals surface area (Å²) in [6.45, 7) is 2.63. The van der Waals surface area contributed by atoms with E-state index < -0.39 is 0 Å². The smallest absolute Gasteiger partial charge is 0.319 e. The maximum atomic E-state index is 12.2. The first-order chi connectivity index (χ1) is 9.55. The van der Waals surface area contributed by atoms with Crippen LogP contribution in [0.4, 0.5) is 10.5 Å². The van der Waals surface area contributed by atoms with E-state index in [1.807, 2.05) is 6.07 Å². The first kappa shape index (κ1) is 15.1. The number of urea groups is 1. The molecule has 110 valence electrons. The lowest BCUT2D eigenvalue weighted by molar-refractivity contribution is 0.166. The molecule has 2 atom stereocenters. The summed E-state index contributed by atoms with van der Waals surface area (Å²) >= 11 is 5.91. The molecular formula is C15H22ClN3O. The van der Waals surface area contributed by atoms with E-state index in [4.69, 9.17) is 17.3 Å². The van der Waals surface area contributed by atoms with Gasteiger partial charge in [0.25, 0.3) is 0 Å². The molecule has 1 aromatic carbocycles. The Balaban J connectivity index is 2.02. The summed E-state index contributed by atoms with van der Waals surface area (Å²) in [6, 6.07) is 6.90. The van der Waals surface area contributed by atoms with Crippen LogP contribution in [0.15, 0.2) is 24.3 Å². The Bertz CT molecular complexity index is 480. The summed E-state index contributed by atoms with van der Waals surface area (Å²) in [5.74, 6) is 0.395. The number of amides is 2. The van der Waals surface area contributed by atoms with Gasteiger partial charge < -0.3 is 16.4 Å². The molecule has 1 fully saturated rings. The lowest BCUT2D eigenvalue weighted by Crippen LogP contribution is -2.60. The molecule has 0 bridgehead atoms. The number of carbonyl (C=O) groups excluding carboxylic acids is 1. The summed E-state index contributed by atoms with van der Waals surface area (Å²) < 4.78 is 0. The zero-order valence-electron chi connectivity index (χ0n) is 11.8. The minimum absolute atomic E-state index is 0.216. The van der Waals surface area contributed by atoms with E-state index in [2.05, 4.69) is 17.6 Å². The van der Waals surface area contributed by atoms with E-state index in [9.17, 15) is 4.79 Å². The summed E-state index contributed by atoms with van der Waals surface area (Å²) in [7, 11) is 0. The number of hydrogen-bond donors (Lipinski definition) is 3. The number of nitrogens with two attached hydrogens (primary N) is 1. The molecule has 0 aliphatic heterocycles. The number of carbonyl (C=O) groups is 1. The molecule has 1 aliphatic carbocycles. The molecule has 1 saturated carbocycles. The maximum absolute atomic E-state index is 12.2. The number of benzene rings is 1. The minimum Gasteiger partial charge on any atom is -0.331 e. The summed E-state index contributed by atoms with van der Waals surface area (Å²) in [6.07, 6.45) is 4.36. The third kappa shape index (κ3) is 3.44. The van der Waals surface area contributed by atoms with Gasteiger partial charge in [-0.2, -0.15) is 0 Å². The monoisotopic (exact) mass is 295 g/mol.